The van der Waals surface area contributed by atoms with Crippen molar-refractivity contribution in [2.45, 2.75) is 25.9 Å². The van der Waals surface area contributed by atoms with Crippen molar-refractivity contribution in [1.82, 2.24) is 5.32 Å². The number of halogens is 1. The molecular formula is C9H18ClNO3. The highest BCUT2D eigenvalue weighted by Crippen LogP contribution is 2.16. The second-order valence-electron chi connectivity index (χ2n) is 3.35. The molecule has 1 saturated heterocycles. The van der Waals surface area contributed by atoms with Crippen LogP contribution in [0.4, 0.5) is 0 Å². The number of hydrogen-bond acceptors (Lipinski definition) is 3. The molecule has 1 aliphatic heterocycles. The summed E-state index contributed by atoms with van der Waals surface area (Å²) < 4.78 is 5.41. The number of hydrogen-bond donors (Lipinski definition) is 2. The molecule has 2 unspecified atom stereocenters. The molecule has 5 heteroatoms. The van der Waals surface area contributed by atoms with Gasteiger partial charge in [-0.1, -0.05) is 13.3 Å². The van der Waals surface area contributed by atoms with Gasteiger partial charge in [0.1, 0.15) is 0 Å². The molecule has 0 aromatic rings. The molecule has 0 aromatic carbocycles. The molecule has 1 rings (SSSR count). The number of carbonyl (C=O) groups is 1. The van der Waals surface area contributed by atoms with Crippen molar-refractivity contribution in [2.24, 2.45) is 5.92 Å². The zero-order chi connectivity index (χ0) is 9.68. The third kappa shape index (κ3) is 3.82. The van der Waals surface area contributed by atoms with E-state index in [1.54, 1.807) is 0 Å². The summed E-state index contributed by atoms with van der Waals surface area (Å²) in [7, 11) is 0. The van der Waals surface area contributed by atoms with Gasteiger partial charge in [0, 0.05) is 13.1 Å². The topological polar surface area (TPSA) is 58.6 Å². The van der Waals surface area contributed by atoms with Crippen molar-refractivity contribution in [3.63, 3.8) is 0 Å². The normalized spacial score (nSPS) is 23.6. The smallest absolute Gasteiger partial charge is 0.309 e. The van der Waals surface area contributed by atoms with Crippen LogP contribution in [0.15, 0.2) is 0 Å². The van der Waals surface area contributed by atoms with E-state index in [2.05, 4.69) is 5.32 Å². The molecule has 84 valence electrons. The molecule has 0 amide bonds. The molecule has 0 spiro atoms. The quantitative estimate of drug-likeness (QED) is 0.744. The van der Waals surface area contributed by atoms with Crippen LogP contribution in [0.2, 0.25) is 0 Å². The van der Waals surface area contributed by atoms with Gasteiger partial charge in [-0.15, -0.1) is 12.4 Å². The van der Waals surface area contributed by atoms with Crippen LogP contribution in [0.5, 0.6) is 0 Å². The first-order valence-corrected chi connectivity index (χ1v) is 4.80. The minimum Gasteiger partial charge on any atom is -0.481 e. The molecule has 2 N–H and O–H groups in total. The average molecular weight is 224 g/mol. The standard InChI is InChI=1S/C9H17NO3.ClH/c1-2-3-7(9(11)12)8-6-10-4-5-13-8;/h7-8,10H,2-6H2,1H3,(H,11,12);1H. The molecule has 1 fully saturated rings. The number of carboxylic acid groups (broad SMARTS) is 1. The highest BCUT2D eigenvalue weighted by atomic mass is 35.5. The lowest BCUT2D eigenvalue weighted by Gasteiger charge is -2.28. The number of rotatable bonds is 4. The van der Waals surface area contributed by atoms with Gasteiger partial charge in [0.25, 0.3) is 0 Å². The first-order chi connectivity index (χ1) is 6.25. The van der Waals surface area contributed by atoms with Crippen LogP contribution < -0.4 is 5.32 Å². The summed E-state index contributed by atoms with van der Waals surface area (Å²) in [5.41, 5.74) is 0. The molecule has 1 heterocycles. The number of nitrogens with one attached hydrogen (secondary N) is 1. The summed E-state index contributed by atoms with van der Waals surface area (Å²) in [5, 5.41) is 12.1. The van der Waals surface area contributed by atoms with Gasteiger partial charge in [0.2, 0.25) is 0 Å². The molecule has 1 aliphatic rings. The Bertz CT molecular complexity index is 171. The first kappa shape index (κ1) is 13.7. The fourth-order valence-electron chi connectivity index (χ4n) is 1.62. The van der Waals surface area contributed by atoms with Crippen LogP contribution in [-0.4, -0.2) is 36.9 Å². The van der Waals surface area contributed by atoms with Gasteiger partial charge in [-0.05, 0) is 6.42 Å². The van der Waals surface area contributed by atoms with E-state index >= 15 is 0 Å². The summed E-state index contributed by atoms with van der Waals surface area (Å²) in [4.78, 5) is 10.9. The molecule has 0 bridgehead atoms. The maximum absolute atomic E-state index is 10.9. The third-order valence-electron chi connectivity index (χ3n) is 2.32. The number of aliphatic carboxylic acids is 1. The van der Waals surface area contributed by atoms with Crippen molar-refractivity contribution in [1.29, 1.82) is 0 Å². The highest BCUT2D eigenvalue weighted by Gasteiger charge is 2.29. The van der Waals surface area contributed by atoms with Crippen molar-refractivity contribution in [3.05, 3.63) is 0 Å². The van der Waals surface area contributed by atoms with E-state index < -0.39 is 5.97 Å². The summed E-state index contributed by atoms with van der Waals surface area (Å²) in [6.45, 7) is 4.11. The number of morpholine rings is 1. The SMILES string of the molecule is CCCC(C(=O)O)C1CNCCO1.Cl. The lowest BCUT2D eigenvalue weighted by Crippen LogP contribution is -2.45. The van der Waals surface area contributed by atoms with Gasteiger partial charge in [0.15, 0.2) is 0 Å². The van der Waals surface area contributed by atoms with E-state index in [-0.39, 0.29) is 24.4 Å². The van der Waals surface area contributed by atoms with Gasteiger partial charge >= 0.3 is 5.97 Å². The lowest BCUT2D eigenvalue weighted by molar-refractivity contribution is -0.148. The fourth-order valence-corrected chi connectivity index (χ4v) is 1.62. The molecular weight excluding hydrogens is 206 g/mol. The number of ether oxygens (including phenoxy) is 1. The molecule has 0 aromatic heterocycles. The predicted molar refractivity (Wildman–Crippen MR) is 55.9 cm³/mol. The second-order valence-corrected chi connectivity index (χ2v) is 3.35. The second kappa shape index (κ2) is 7.04. The Morgan fingerprint density at radius 3 is 2.86 bits per heavy atom. The van der Waals surface area contributed by atoms with Gasteiger partial charge < -0.3 is 15.2 Å². The lowest BCUT2D eigenvalue weighted by atomic mass is 9.96. The molecule has 0 radical (unpaired) electrons. The van der Waals surface area contributed by atoms with Crippen molar-refractivity contribution in [2.75, 3.05) is 19.7 Å². The van der Waals surface area contributed by atoms with E-state index in [9.17, 15) is 4.79 Å². The fraction of sp³-hybridized carbons (Fsp3) is 0.889. The van der Waals surface area contributed by atoms with E-state index in [4.69, 9.17) is 9.84 Å². The van der Waals surface area contributed by atoms with Gasteiger partial charge in [-0.2, -0.15) is 0 Å². The zero-order valence-corrected chi connectivity index (χ0v) is 9.18. The Morgan fingerprint density at radius 2 is 2.43 bits per heavy atom. The highest BCUT2D eigenvalue weighted by molar-refractivity contribution is 5.85. The molecule has 4 nitrogen and oxygen atoms in total. The van der Waals surface area contributed by atoms with E-state index in [1.807, 2.05) is 6.92 Å². The zero-order valence-electron chi connectivity index (χ0n) is 8.36. The maximum Gasteiger partial charge on any atom is 0.309 e. The van der Waals surface area contributed by atoms with E-state index in [0.717, 1.165) is 13.0 Å². The Balaban J connectivity index is 0.00000169. The van der Waals surface area contributed by atoms with Gasteiger partial charge in [-0.3, -0.25) is 4.79 Å². The van der Waals surface area contributed by atoms with Crippen LogP contribution in [0.3, 0.4) is 0 Å². The molecule has 14 heavy (non-hydrogen) atoms. The Labute approximate surface area is 90.4 Å². The third-order valence-corrected chi connectivity index (χ3v) is 2.32. The van der Waals surface area contributed by atoms with E-state index in [1.165, 1.54) is 0 Å². The van der Waals surface area contributed by atoms with Crippen molar-refractivity contribution >= 4 is 18.4 Å². The van der Waals surface area contributed by atoms with Crippen molar-refractivity contribution < 1.29 is 14.6 Å². The molecule has 0 aliphatic carbocycles. The number of carboxylic acids is 1. The Hall–Kier alpha value is -0.320. The van der Waals surface area contributed by atoms with Gasteiger partial charge in [-0.25, -0.2) is 0 Å². The Morgan fingerprint density at radius 1 is 1.71 bits per heavy atom. The van der Waals surface area contributed by atoms with E-state index in [0.29, 0.717) is 19.6 Å². The largest absolute Gasteiger partial charge is 0.481 e. The summed E-state index contributed by atoms with van der Waals surface area (Å²) in [6.07, 6.45) is 1.43. The summed E-state index contributed by atoms with van der Waals surface area (Å²) >= 11 is 0. The predicted octanol–water partition coefficient (Wildman–Crippen LogP) is 0.897. The molecule has 2 atom stereocenters. The summed E-state index contributed by atoms with van der Waals surface area (Å²) in [6, 6.07) is 0. The first-order valence-electron chi connectivity index (χ1n) is 4.80. The minimum absolute atomic E-state index is 0. The maximum atomic E-state index is 10.9. The summed E-state index contributed by atoms with van der Waals surface area (Å²) in [5.74, 6) is -1.09. The van der Waals surface area contributed by atoms with Crippen LogP contribution >= 0.6 is 12.4 Å². The van der Waals surface area contributed by atoms with Crippen LogP contribution in [0.25, 0.3) is 0 Å². The minimum atomic E-state index is -0.740. The monoisotopic (exact) mass is 223 g/mol. The Kier molecular flexibility index (Phi) is 6.87. The van der Waals surface area contributed by atoms with Crippen LogP contribution in [0, 0.1) is 5.92 Å². The van der Waals surface area contributed by atoms with Gasteiger partial charge in [0.05, 0.1) is 18.6 Å². The van der Waals surface area contributed by atoms with Crippen LogP contribution in [0.1, 0.15) is 19.8 Å². The van der Waals surface area contributed by atoms with Crippen molar-refractivity contribution in [3.8, 4) is 0 Å². The molecule has 0 saturated carbocycles. The van der Waals surface area contributed by atoms with Crippen LogP contribution in [-0.2, 0) is 9.53 Å². The average Bonchev–Trinajstić information content (AvgIpc) is 2.15.